The number of hydrogen-bond acceptors (Lipinski definition) is 8. The van der Waals surface area contributed by atoms with E-state index in [1.165, 1.54) is 0 Å². The van der Waals surface area contributed by atoms with Crippen molar-refractivity contribution in [3.05, 3.63) is 22.5 Å². The van der Waals surface area contributed by atoms with E-state index in [1.807, 2.05) is 9.80 Å². The predicted molar refractivity (Wildman–Crippen MR) is 91.9 cm³/mol. The number of nitrogens with zero attached hydrogens (tertiary/aromatic N) is 2. The molecule has 4 unspecified atom stereocenters. The fourth-order valence-corrected chi connectivity index (χ4v) is 5.40. The number of ether oxygens (including phenoxy) is 1. The molecular weight excluding hydrogens is 336 g/mol. The van der Waals surface area contributed by atoms with Crippen LogP contribution in [0.5, 0.6) is 0 Å². The van der Waals surface area contributed by atoms with Gasteiger partial charge in [-0.3, -0.25) is 9.59 Å². The Kier molecular flexibility index (Phi) is 3.40. The van der Waals surface area contributed by atoms with Gasteiger partial charge in [0.1, 0.15) is 0 Å². The van der Waals surface area contributed by atoms with Crippen molar-refractivity contribution >= 4 is 11.6 Å². The fourth-order valence-electron chi connectivity index (χ4n) is 5.40. The van der Waals surface area contributed by atoms with Crippen LogP contribution in [0.3, 0.4) is 0 Å². The maximum Gasteiger partial charge on any atom is 0.208 e. The molecule has 3 fully saturated rings. The number of carbonyl (C=O) groups is 2. The predicted octanol–water partition coefficient (Wildman–Crippen LogP) is -1.81. The Morgan fingerprint density at radius 3 is 2.62 bits per heavy atom. The number of piperazine rings is 2. The van der Waals surface area contributed by atoms with E-state index in [2.05, 4.69) is 10.6 Å². The van der Waals surface area contributed by atoms with Gasteiger partial charge in [0.2, 0.25) is 11.6 Å². The summed E-state index contributed by atoms with van der Waals surface area (Å²) < 4.78 is 5.90. The van der Waals surface area contributed by atoms with Crippen LogP contribution in [-0.4, -0.2) is 90.7 Å². The standard InChI is InChI=1S/C18H24N4O4/c1-9-13(21-5-3-19-4-6-21)16(25)12-10(8-23)18(26-2)17-11(20-17)7-22(18)14(12)15(9)24/h10-11,17,19-20,23H,3-8H2,1-2H3. The summed E-state index contributed by atoms with van der Waals surface area (Å²) >= 11 is 0. The molecule has 3 N–H and O–H groups in total. The molecule has 0 bridgehead atoms. The molecule has 0 amide bonds. The Morgan fingerprint density at radius 1 is 1.23 bits per heavy atom. The average Bonchev–Trinajstić information content (AvgIpc) is 3.26. The van der Waals surface area contributed by atoms with Crippen molar-refractivity contribution in [2.24, 2.45) is 5.92 Å². The van der Waals surface area contributed by atoms with E-state index >= 15 is 0 Å². The lowest BCUT2D eigenvalue weighted by atomic mass is 9.82. The number of allylic oxidation sites excluding steroid dienone is 2. The normalized spacial score (nSPS) is 38.8. The zero-order valence-electron chi connectivity index (χ0n) is 15.0. The van der Waals surface area contributed by atoms with Crippen molar-refractivity contribution in [1.82, 2.24) is 20.4 Å². The molecule has 4 atom stereocenters. The number of rotatable bonds is 3. The highest BCUT2D eigenvalue weighted by Gasteiger charge is 2.72. The highest BCUT2D eigenvalue weighted by molar-refractivity contribution is 6.25. The number of ketones is 2. The van der Waals surface area contributed by atoms with Crippen LogP contribution in [0.25, 0.3) is 0 Å². The number of hydrogen-bond donors (Lipinski definition) is 3. The second-order valence-electron chi connectivity index (χ2n) is 7.68. The van der Waals surface area contributed by atoms with Crippen molar-refractivity contribution < 1.29 is 19.4 Å². The lowest BCUT2D eigenvalue weighted by Crippen LogP contribution is -2.54. The molecule has 8 nitrogen and oxygen atoms in total. The Balaban J connectivity index is 1.61. The monoisotopic (exact) mass is 360 g/mol. The van der Waals surface area contributed by atoms with Gasteiger partial charge < -0.3 is 30.3 Å². The zero-order chi connectivity index (χ0) is 18.2. The van der Waals surface area contributed by atoms with Crippen molar-refractivity contribution in [3.8, 4) is 0 Å². The molecule has 5 aliphatic rings. The van der Waals surface area contributed by atoms with E-state index in [-0.39, 0.29) is 30.3 Å². The summed E-state index contributed by atoms with van der Waals surface area (Å²) in [5.74, 6) is -0.747. The molecule has 3 saturated heterocycles. The van der Waals surface area contributed by atoms with Gasteiger partial charge in [0, 0.05) is 57.0 Å². The number of aliphatic hydroxyl groups excluding tert-OH is 1. The maximum absolute atomic E-state index is 13.5. The first-order chi connectivity index (χ1) is 12.6. The van der Waals surface area contributed by atoms with Crippen molar-refractivity contribution in [2.75, 3.05) is 46.4 Å². The van der Waals surface area contributed by atoms with Crippen LogP contribution < -0.4 is 10.6 Å². The molecule has 0 aromatic heterocycles. The Hall–Kier alpha value is -1.74. The van der Waals surface area contributed by atoms with E-state index in [1.54, 1.807) is 14.0 Å². The molecule has 0 aromatic carbocycles. The molecule has 0 radical (unpaired) electrons. The third-order valence-corrected chi connectivity index (χ3v) is 6.62. The van der Waals surface area contributed by atoms with Crippen molar-refractivity contribution in [3.63, 3.8) is 0 Å². The number of fused-ring (bicyclic) bond motifs is 4. The number of carbonyl (C=O) groups excluding carboxylic acids is 2. The van der Waals surface area contributed by atoms with Gasteiger partial charge in [-0.15, -0.1) is 0 Å². The molecule has 5 rings (SSSR count). The summed E-state index contributed by atoms with van der Waals surface area (Å²) in [6, 6.07) is 0.290. The van der Waals surface area contributed by atoms with Crippen molar-refractivity contribution in [2.45, 2.75) is 24.7 Å². The number of nitrogens with one attached hydrogen (secondary N) is 2. The van der Waals surface area contributed by atoms with Gasteiger partial charge in [-0.05, 0) is 6.92 Å². The second-order valence-corrected chi connectivity index (χ2v) is 7.68. The Bertz CT molecular complexity index is 769. The van der Waals surface area contributed by atoms with Gasteiger partial charge in [-0.1, -0.05) is 0 Å². The van der Waals surface area contributed by atoms with Crippen LogP contribution in [0.15, 0.2) is 22.5 Å². The van der Waals surface area contributed by atoms with E-state index < -0.39 is 11.6 Å². The lowest BCUT2D eigenvalue weighted by Gasteiger charge is -2.39. The molecule has 4 heterocycles. The second kappa shape index (κ2) is 5.39. The van der Waals surface area contributed by atoms with Crippen LogP contribution in [0.4, 0.5) is 0 Å². The summed E-state index contributed by atoms with van der Waals surface area (Å²) in [4.78, 5) is 30.7. The highest BCUT2D eigenvalue weighted by atomic mass is 16.5. The first-order valence-electron chi connectivity index (χ1n) is 9.26. The average molecular weight is 360 g/mol. The molecule has 0 spiro atoms. The van der Waals surface area contributed by atoms with Gasteiger partial charge in [0.25, 0.3) is 0 Å². The first kappa shape index (κ1) is 16.4. The van der Waals surface area contributed by atoms with Crippen LogP contribution in [0.2, 0.25) is 0 Å². The van der Waals surface area contributed by atoms with Gasteiger partial charge in [0.15, 0.2) is 5.72 Å². The molecule has 8 heteroatoms. The SMILES string of the molecule is COC12C(CO)C3=C(C(=O)C(C)=C(N4CCNCC4)C3=O)N1CC1NC12. The molecule has 140 valence electrons. The highest BCUT2D eigenvalue weighted by Crippen LogP contribution is 2.55. The largest absolute Gasteiger partial charge is 0.396 e. The molecule has 4 aliphatic heterocycles. The molecular formula is C18H24N4O4. The van der Waals surface area contributed by atoms with E-state index in [0.717, 1.165) is 13.1 Å². The third-order valence-electron chi connectivity index (χ3n) is 6.62. The molecule has 0 saturated carbocycles. The molecule has 26 heavy (non-hydrogen) atoms. The summed E-state index contributed by atoms with van der Waals surface area (Å²) in [7, 11) is 1.60. The van der Waals surface area contributed by atoms with E-state index in [9.17, 15) is 14.7 Å². The Labute approximate surface area is 151 Å². The van der Waals surface area contributed by atoms with Crippen LogP contribution in [0.1, 0.15) is 6.92 Å². The number of Topliss-reactive ketones (excluding diaryl/α,β-unsaturated/α-hetero) is 2. The molecule has 1 aliphatic carbocycles. The summed E-state index contributed by atoms with van der Waals surface area (Å²) in [6.45, 7) is 5.12. The van der Waals surface area contributed by atoms with Crippen molar-refractivity contribution in [1.29, 1.82) is 0 Å². The van der Waals surface area contributed by atoms with Crippen LogP contribution >= 0.6 is 0 Å². The Morgan fingerprint density at radius 2 is 1.96 bits per heavy atom. The third kappa shape index (κ3) is 1.78. The quantitative estimate of drug-likeness (QED) is 0.400. The van der Waals surface area contributed by atoms with Crippen LogP contribution in [0, 0.1) is 5.92 Å². The van der Waals surface area contributed by atoms with Gasteiger partial charge in [-0.25, -0.2) is 0 Å². The maximum atomic E-state index is 13.5. The minimum absolute atomic E-state index is 0.0405. The van der Waals surface area contributed by atoms with Gasteiger partial charge in [0.05, 0.1) is 30.0 Å². The fraction of sp³-hybridized carbons (Fsp3) is 0.667. The topological polar surface area (TPSA) is 104 Å². The molecule has 0 aromatic rings. The summed E-state index contributed by atoms with van der Waals surface area (Å²) in [5, 5.41) is 16.8. The lowest BCUT2D eigenvalue weighted by molar-refractivity contribution is -0.137. The smallest absolute Gasteiger partial charge is 0.208 e. The van der Waals surface area contributed by atoms with Gasteiger partial charge in [-0.2, -0.15) is 0 Å². The zero-order valence-corrected chi connectivity index (χ0v) is 15.0. The summed E-state index contributed by atoms with van der Waals surface area (Å²) in [6.07, 6.45) is 0. The number of methoxy groups -OCH3 is 1. The minimum Gasteiger partial charge on any atom is -0.396 e. The first-order valence-corrected chi connectivity index (χ1v) is 9.26. The van der Waals surface area contributed by atoms with Crippen LogP contribution in [-0.2, 0) is 14.3 Å². The van der Waals surface area contributed by atoms with E-state index in [4.69, 9.17) is 4.74 Å². The van der Waals surface area contributed by atoms with E-state index in [0.29, 0.717) is 42.2 Å². The van der Waals surface area contributed by atoms with Gasteiger partial charge >= 0.3 is 0 Å². The minimum atomic E-state index is -0.839. The number of aliphatic hydroxyl groups is 1. The summed E-state index contributed by atoms with van der Waals surface area (Å²) in [5.41, 5.74) is 1.05.